The Labute approximate surface area is 134 Å². The number of amides is 2. The molecule has 5 nitrogen and oxygen atoms in total. The molecular weight excluding hydrogens is 280 g/mol. The highest BCUT2D eigenvalue weighted by atomic mass is 16.6. The molecule has 2 heterocycles. The Hall–Kier alpha value is -1.26. The quantitative estimate of drug-likeness (QED) is 0.788. The molecule has 0 aromatic rings. The van der Waals surface area contributed by atoms with Crippen molar-refractivity contribution in [1.29, 1.82) is 0 Å². The van der Waals surface area contributed by atoms with E-state index in [0.29, 0.717) is 13.0 Å². The zero-order chi connectivity index (χ0) is 16.2. The van der Waals surface area contributed by atoms with Crippen LogP contribution in [0.15, 0.2) is 0 Å². The first-order valence-corrected chi connectivity index (χ1v) is 8.42. The standard InChI is InChI=1S/C17H29N2O3/c1-17(2,3)22-16(21)19-11-7-8-14(13-19)12-15(20)18-9-5-4-6-10-18/h4,14H,5-13H2,1-3H3/t14-/m0/s1. The molecule has 0 saturated carbocycles. The molecule has 0 bridgehead atoms. The van der Waals surface area contributed by atoms with Gasteiger partial charge in [-0.25, -0.2) is 4.79 Å². The fraction of sp³-hybridized carbons (Fsp3) is 0.824. The number of likely N-dealkylation sites (tertiary alicyclic amines) is 2. The molecule has 2 fully saturated rings. The lowest BCUT2D eigenvalue weighted by Crippen LogP contribution is -2.44. The molecule has 2 aliphatic rings. The van der Waals surface area contributed by atoms with Gasteiger partial charge in [0.25, 0.3) is 0 Å². The first kappa shape index (κ1) is 17.1. The molecule has 1 atom stereocenters. The number of ether oxygens (including phenoxy) is 1. The Kier molecular flexibility index (Phi) is 5.70. The van der Waals surface area contributed by atoms with Gasteiger partial charge in [-0.3, -0.25) is 4.79 Å². The lowest BCUT2D eigenvalue weighted by molar-refractivity contribution is -0.133. The Morgan fingerprint density at radius 2 is 1.82 bits per heavy atom. The number of piperidine rings is 2. The highest BCUT2D eigenvalue weighted by Gasteiger charge is 2.29. The molecule has 125 valence electrons. The molecule has 2 aliphatic heterocycles. The van der Waals surface area contributed by atoms with Crippen molar-refractivity contribution in [3.63, 3.8) is 0 Å². The van der Waals surface area contributed by atoms with Gasteiger partial charge in [-0.15, -0.1) is 0 Å². The van der Waals surface area contributed by atoms with Gasteiger partial charge in [0.15, 0.2) is 0 Å². The normalized spacial score (nSPS) is 23.3. The molecule has 0 aromatic heterocycles. The van der Waals surface area contributed by atoms with Crippen LogP contribution in [0, 0.1) is 12.3 Å². The van der Waals surface area contributed by atoms with Crippen LogP contribution in [0.25, 0.3) is 0 Å². The molecule has 0 N–H and O–H groups in total. The maximum absolute atomic E-state index is 12.3. The summed E-state index contributed by atoms with van der Waals surface area (Å²) >= 11 is 0. The van der Waals surface area contributed by atoms with Gasteiger partial charge in [-0.1, -0.05) is 0 Å². The predicted molar refractivity (Wildman–Crippen MR) is 85.3 cm³/mol. The fourth-order valence-electron chi connectivity index (χ4n) is 3.10. The second-order valence-electron chi connectivity index (χ2n) is 7.39. The molecule has 2 saturated heterocycles. The zero-order valence-corrected chi connectivity index (χ0v) is 14.1. The monoisotopic (exact) mass is 309 g/mol. The van der Waals surface area contributed by atoms with Crippen LogP contribution in [0.4, 0.5) is 4.79 Å². The third-order valence-corrected chi connectivity index (χ3v) is 4.19. The van der Waals surface area contributed by atoms with Crippen molar-refractivity contribution in [3.8, 4) is 0 Å². The summed E-state index contributed by atoms with van der Waals surface area (Å²) in [6.07, 6.45) is 6.52. The first-order chi connectivity index (χ1) is 10.3. The van der Waals surface area contributed by atoms with Crippen molar-refractivity contribution in [1.82, 2.24) is 9.80 Å². The van der Waals surface area contributed by atoms with Crippen molar-refractivity contribution in [2.24, 2.45) is 5.92 Å². The van der Waals surface area contributed by atoms with E-state index in [0.717, 1.165) is 45.3 Å². The van der Waals surface area contributed by atoms with Crippen molar-refractivity contribution in [2.75, 3.05) is 26.2 Å². The minimum Gasteiger partial charge on any atom is -0.444 e. The summed E-state index contributed by atoms with van der Waals surface area (Å²) in [6.45, 7) is 8.71. The highest BCUT2D eigenvalue weighted by Crippen LogP contribution is 2.23. The van der Waals surface area contributed by atoms with E-state index in [4.69, 9.17) is 4.74 Å². The molecule has 0 spiro atoms. The molecule has 22 heavy (non-hydrogen) atoms. The number of carbonyl (C=O) groups is 2. The van der Waals surface area contributed by atoms with Crippen molar-refractivity contribution >= 4 is 12.0 Å². The Balaban J connectivity index is 1.82. The van der Waals surface area contributed by atoms with E-state index in [1.54, 1.807) is 4.90 Å². The second-order valence-corrected chi connectivity index (χ2v) is 7.39. The van der Waals surface area contributed by atoms with Gasteiger partial charge in [0, 0.05) is 32.6 Å². The third kappa shape index (κ3) is 5.18. The lowest BCUT2D eigenvalue weighted by atomic mass is 9.94. The molecule has 2 amide bonds. The maximum atomic E-state index is 12.3. The second kappa shape index (κ2) is 7.34. The third-order valence-electron chi connectivity index (χ3n) is 4.19. The molecule has 0 aromatic carbocycles. The summed E-state index contributed by atoms with van der Waals surface area (Å²) in [5.74, 6) is 0.504. The zero-order valence-electron chi connectivity index (χ0n) is 14.1. The van der Waals surface area contributed by atoms with Crippen LogP contribution in [0.3, 0.4) is 0 Å². The van der Waals surface area contributed by atoms with Gasteiger partial charge in [0.2, 0.25) is 5.91 Å². The van der Waals surface area contributed by atoms with Crippen LogP contribution in [0.1, 0.15) is 52.9 Å². The SMILES string of the molecule is CC(C)(C)OC(=O)N1CCC[C@@H](CC(=O)N2CC[CH]CC2)C1. The molecule has 2 rings (SSSR count). The van der Waals surface area contributed by atoms with E-state index in [-0.39, 0.29) is 17.9 Å². The minimum absolute atomic E-state index is 0.240. The van der Waals surface area contributed by atoms with Gasteiger partial charge < -0.3 is 14.5 Å². The predicted octanol–water partition coefficient (Wildman–Crippen LogP) is 2.85. The number of carbonyl (C=O) groups excluding carboxylic acids is 2. The topological polar surface area (TPSA) is 49.9 Å². The Bertz CT molecular complexity index is 397. The highest BCUT2D eigenvalue weighted by molar-refractivity contribution is 5.76. The van der Waals surface area contributed by atoms with Crippen molar-refractivity contribution < 1.29 is 14.3 Å². The Morgan fingerprint density at radius 1 is 1.14 bits per heavy atom. The first-order valence-electron chi connectivity index (χ1n) is 8.42. The lowest BCUT2D eigenvalue weighted by Gasteiger charge is -2.35. The Morgan fingerprint density at radius 3 is 2.45 bits per heavy atom. The van der Waals surface area contributed by atoms with Crippen LogP contribution >= 0.6 is 0 Å². The smallest absolute Gasteiger partial charge is 0.410 e. The molecule has 5 heteroatoms. The molecule has 1 radical (unpaired) electrons. The van der Waals surface area contributed by atoms with Gasteiger partial charge in [-0.05, 0) is 58.8 Å². The van der Waals surface area contributed by atoms with Crippen molar-refractivity contribution in [2.45, 2.75) is 58.5 Å². The molecular formula is C17H29N2O3. The van der Waals surface area contributed by atoms with Crippen LogP contribution in [-0.2, 0) is 9.53 Å². The van der Waals surface area contributed by atoms with Crippen molar-refractivity contribution in [3.05, 3.63) is 6.42 Å². The van der Waals surface area contributed by atoms with Crippen LogP contribution in [0.5, 0.6) is 0 Å². The summed E-state index contributed by atoms with van der Waals surface area (Å²) in [5, 5.41) is 0. The number of rotatable bonds is 2. The summed E-state index contributed by atoms with van der Waals surface area (Å²) in [7, 11) is 0. The summed E-state index contributed by atoms with van der Waals surface area (Å²) in [5.41, 5.74) is -0.468. The average molecular weight is 309 g/mol. The number of hydrogen-bond donors (Lipinski definition) is 0. The summed E-state index contributed by atoms with van der Waals surface area (Å²) in [4.78, 5) is 28.2. The average Bonchev–Trinajstić information content (AvgIpc) is 2.46. The molecule has 0 aliphatic carbocycles. The maximum Gasteiger partial charge on any atom is 0.410 e. The van der Waals surface area contributed by atoms with Crippen LogP contribution in [0.2, 0.25) is 0 Å². The number of nitrogens with zero attached hydrogens (tertiary/aromatic N) is 2. The minimum atomic E-state index is -0.468. The van der Waals surface area contributed by atoms with Gasteiger partial charge in [0.05, 0.1) is 0 Å². The largest absolute Gasteiger partial charge is 0.444 e. The number of hydrogen-bond acceptors (Lipinski definition) is 3. The van der Waals surface area contributed by atoms with E-state index in [1.165, 1.54) is 0 Å². The van der Waals surface area contributed by atoms with E-state index in [1.807, 2.05) is 25.7 Å². The van der Waals surface area contributed by atoms with E-state index < -0.39 is 5.60 Å². The van der Waals surface area contributed by atoms with Gasteiger partial charge >= 0.3 is 6.09 Å². The molecule has 0 unspecified atom stereocenters. The van der Waals surface area contributed by atoms with Crippen LogP contribution < -0.4 is 0 Å². The summed E-state index contributed by atoms with van der Waals surface area (Å²) < 4.78 is 5.43. The van der Waals surface area contributed by atoms with Gasteiger partial charge in [-0.2, -0.15) is 0 Å². The fourth-order valence-corrected chi connectivity index (χ4v) is 3.10. The van der Waals surface area contributed by atoms with E-state index >= 15 is 0 Å². The van der Waals surface area contributed by atoms with Gasteiger partial charge in [0.1, 0.15) is 5.60 Å². The summed E-state index contributed by atoms with van der Waals surface area (Å²) in [6, 6.07) is 0. The van der Waals surface area contributed by atoms with Crippen LogP contribution in [-0.4, -0.2) is 53.6 Å². The van der Waals surface area contributed by atoms with E-state index in [9.17, 15) is 9.59 Å². The van der Waals surface area contributed by atoms with E-state index in [2.05, 4.69) is 6.42 Å².